The highest BCUT2D eigenvalue weighted by molar-refractivity contribution is 9.10. The van der Waals surface area contributed by atoms with Crippen LogP contribution in [0.1, 0.15) is 18.1 Å². The summed E-state index contributed by atoms with van der Waals surface area (Å²) in [7, 11) is 1.71. The summed E-state index contributed by atoms with van der Waals surface area (Å²) < 4.78 is 6.41. The van der Waals surface area contributed by atoms with Gasteiger partial charge in [-0.2, -0.15) is 0 Å². The highest BCUT2D eigenvalue weighted by Gasteiger charge is 2.18. The van der Waals surface area contributed by atoms with E-state index in [-0.39, 0.29) is 0 Å². The van der Waals surface area contributed by atoms with Gasteiger partial charge >= 0.3 is 0 Å². The molecule has 1 aliphatic rings. The molecule has 0 aromatic heterocycles. The maximum Gasteiger partial charge on any atom is 0.135 e. The average molecular weight is 401 g/mol. The molecule has 1 saturated heterocycles. The molecule has 132 valence electrons. The Bertz CT molecular complexity index is 764. The molecule has 0 spiro atoms. The van der Waals surface area contributed by atoms with Crippen molar-refractivity contribution >= 4 is 27.7 Å². The second-order valence-corrected chi connectivity index (χ2v) is 7.35. The molecule has 1 aliphatic heterocycles. The summed E-state index contributed by atoms with van der Waals surface area (Å²) in [6.45, 7) is 8.45. The first-order chi connectivity index (χ1) is 12.1. The van der Waals surface area contributed by atoms with Crippen LogP contribution in [0.25, 0.3) is 6.08 Å². The molecular weight excluding hydrogens is 376 g/mol. The van der Waals surface area contributed by atoms with Crippen LogP contribution >= 0.6 is 15.9 Å². The van der Waals surface area contributed by atoms with E-state index in [0.29, 0.717) is 0 Å². The Balaban J connectivity index is 1.65. The number of rotatable bonds is 4. The van der Waals surface area contributed by atoms with Gasteiger partial charge in [0.2, 0.25) is 0 Å². The molecule has 0 saturated carbocycles. The molecule has 0 aliphatic carbocycles. The van der Waals surface area contributed by atoms with Crippen LogP contribution in [0.2, 0.25) is 0 Å². The van der Waals surface area contributed by atoms with E-state index < -0.39 is 0 Å². The minimum atomic E-state index is 0.885. The Kier molecular flexibility index (Phi) is 5.69. The molecule has 25 heavy (non-hydrogen) atoms. The zero-order chi connectivity index (χ0) is 17.8. The molecule has 2 aromatic rings. The Morgan fingerprint density at radius 2 is 1.84 bits per heavy atom. The molecule has 1 fully saturated rings. The lowest BCUT2D eigenvalue weighted by atomic mass is 10.1. The van der Waals surface area contributed by atoms with Gasteiger partial charge in [-0.1, -0.05) is 29.8 Å². The second-order valence-electron chi connectivity index (χ2n) is 6.49. The van der Waals surface area contributed by atoms with Gasteiger partial charge in [0.15, 0.2) is 0 Å². The molecule has 1 heterocycles. The van der Waals surface area contributed by atoms with Crippen molar-refractivity contribution in [2.45, 2.75) is 13.8 Å². The van der Waals surface area contributed by atoms with Crippen molar-refractivity contribution in [1.29, 1.82) is 0 Å². The highest BCUT2D eigenvalue weighted by atomic mass is 79.9. The van der Waals surface area contributed by atoms with Crippen LogP contribution in [-0.4, -0.2) is 38.2 Å². The summed E-state index contributed by atoms with van der Waals surface area (Å²) in [5, 5.41) is 0. The fourth-order valence-corrected chi connectivity index (χ4v) is 3.66. The predicted molar refractivity (Wildman–Crippen MR) is 109 cm³/mol. The Morgan fingerprint density at radius 3 is 2.52 bits per heavy atom. The standard InChI is InChI=1S/C21H25BrN2O/c1-16-5-4-6-18(13-16)14-17(2)23-9-11-24(12-10-23)19-7-8-20(22)21(15-19)25-3/h4-8,13-15H,9-12H2,1-3H3. The summed E-state index contributed by atoms with van der Waals surface area (Å²) in [6.07, 6.45) is 2.28. The van der Waals surface area contributed by atoms with Gasteiger partial charge in [-0.25, -0.2) is 0 Å². The minimum Gasteiger partial charge on any atom is -0.495 e. The fourth-order valence-electron chi connectivity index (χ4n) is 3.25. The number of hydrogen-bond acceptors (Lipinski definition) is 3. The number of allylic oxidation sites excluding steroid dienone is 1. The van der Waals surface area contributed by atoms with Crippen LogP contribution in [0.4, 0.5) is 5.69 Å². The first-order valence-corrected chi connectivity index (χ1v) is 9.44. The van der Waals surface area contributed by atoms with Crippen LogP contribution in [0, 0.1) is 6.92 Å². The van der Waals surface area contributed by atoms with Gasteiger partial charge in [-0.15, -0.1) is 0 Å². The molecule has 0 bridgehead atoms. The van der Waals surface area contributed by atoms with E-state index in [1.54, 1.807) is 7.11 Å². The van der Waals surface area contributed by atoms with Crippen LogP contribution in [0.15, 0.2) is 52.6 Å². The normalized spacial score (nSPS) is 15.4. The molecular formula is C21H25BrN2O. The van der Waals surface area contributed by atoms with Gasteiger partial charge in [-0.3, -0.25) is 0 Å². The van der Waals surface area contributed by atoms with E-state index >= 15 is 0 Å². The Labute approximate surface area is 159 Å². The number of ether oxygens (including phenoxy) is 1. The lowest BCUT2D eigenvalue weighted by Crippen LogP contribution is -2.45. The lowest BCUT2D eigenvalue weighted by molar-refractivity contribution is 0.324. The molecule has 3 nitrogen and oxygen atoms in total. The number of aryl methyl sites for hydroxylation is 1. The zero-order valence-electron chi connectivity index (χ0n) is 15.1. The van der Waals surface area contributed by atoms with Gasteiger partial charge < -0.3 is 14.5 Å². The molecule has 0 amide bonds. The smallest absolute Gasteiger partial charge is 0.135 e. The summed E-state index contributed by atoms with van der Waals surface area (Å²) in [5.74, 6) is 0.885. The topological polar surface area (TPSA) is 15.7 Å². The van der Waals surface area contributed by atoms with Gasteiger partial charge in [-0.05, 0) is 53.5 Å². The van der Waals surface area contributed by atoms with Crippen molar-refractivity contribution in [3.8, 4) is 5.75 Å². The SMILES string of the molecule is COc1cc(N2CCN(C(C)=Cc3cccc(C)c3)CC2)ccc1Br. The van der Waals surface area contributed by atoms with Crippen LogP contribution < -0.4 is 9.64 Å². The number of nitrogens with zero attached hydrogens (tertiary/aromatic N) is 2. The van der Waals surface area contributed by atoms with Crippen molar-refractivity contribution in [1.82, 2.24) is 4.90 Å². The van der Waals surface area contributed by atoms with Crippen molar-refractivity contribution < 1.29 is 4.74 Å². The van der Waals surface area contributed by atoms with Gasteiger partial charge in [0, 0.05) is 43.6 Å². The number of methoxy groups -OCH3 is 1. The predicted octanol–water partition coefficient (Wildman–Crippen LogP) is 4.95. The van der Waals surface area contributed by atoms with Crippen LogP contribution in [0.3, 0.4) is 0 Å². The van der Waals surface area contributed by atoms with E-state index in [2.05, 4.69) is 88.1 Å². The van der Waals surface area contributed by atoms with Gasteiger partial charge in [0.1, 0.15) is 5.75 Å². The summed E-state index contributed by atoms with van der Waals surface area (Å²) >= 11 is 3.52. The monoisotopic (exact) mass is 400 g/mol. The third-order valence-electron chi connectivity index (χ3n) is 4.70. The van der Waals surface area contributed by atoms with Crippen LogP contribution in [-0.2, 0) is 0 Å². The van der Waals surface area contributed by atoms with E-state index in [1.165, 1.54) is 22.5 Å². The second kappa shape index (κ2) is 7.96. The first kappa shape index (κ1) is 17.9. The number of anilines is 1. The van der Waals surface area contributed by atoms with E-state index in [4.69, 9.17) is 4.74 Å². The molecule has 2 aromatic carbocycles. The van der Waals surface area contributed by atoms with E-state index in [0.717, 1.165) is 36.4 Å². The molecule has 4 heteroatoms. The van der Waals surface area contributed by atoms with Crippen molar-refractivity contribution in [3.05, 3.63) is 63.8 Å². The number of halogens is 1. The third kappa shape index (κ3) is 4.37. The Hall–Kier alpha value is -1.94. The first-order valence-electron chi connectivity index (χ1n) is 8.65. The summed E-state index contributed by atoms with van der Waals surface area (Å²) in [4.78, 5) is 4.89. The van der Waals surface area contributed by atoms with Crippen LogP contribution in [0.5, 0.6) is 5.75 Å². The number of hydrogen-bond donors (Lipinski definition) is 0. The Morgan fingerprint density at radius 1 is 1.08 bits per heavy atom. The quantitative estimate of drug-likeness (QED) is 0.721. The third-order valence-corrected chi connectivity index (χ3v) is 5.35. The maximum atomic E-state index is 5.42. The zero-order valence-corrected chi connectivity index (χ0v) is 16.7. The maximum absolute atomic E-state index is 5.42. The average Bonchev–Trinajstić information content (AvgIpc) is 2.62. The minimum absolute atomic E-state index is 0.885. The number of piperazine rings is 1. The largest absolute Gasteiger partial charge is 0.495 e. The van der Waals surface area contributed by atoms with Crippen molar-refractivity contribution in [2.24, 2.45) is 0 Å². The summed E-state index contributed by atoms with van der Waals surface area (Å²) in [6, 6.07) is 15.0. The highest BCUT2D eigenvalue weighted by Crippen LogP contribution is 2.30. The molecule has 3 rings (SSSR count). The fraction of sp³-hybridized carbons (Fsp3) is 0.333. The van der Waals surface area contributed by atoms with Gasteiger partial charge in [0.25, 0.3) is 0 Å². The van der Waals surface area contributed by atoms with E-state index in [1.807, 2.05) is 0 Å². The molecule has 0 N–H and O–H groups in total. The van der Waals surface area contributed by atoms with Gasteiger partial charge in [0.05, 0.1) is 11.6 Å². The summed E-state index contributed by atoms with van der Waals surface area (Å²) in [5.41, 5.74) is 5.13. The number of benzene rings is 2. The lowest BCUT2D eigenvalue weighted by Gasteiger charge is -2.38. The van der Waals surface area contributed by atoms with Crippen molar-refractivity contribution in [2.75, 3.05) is 38.2 Å². The molecule has 0 radical (unpaired) electrons. The molecule has 0 atom stereocenters. The van der Waals surface area contributed by atoms with Crippen molar-refractivity contribution in [3.63, 3.8) is 0 Å². The van der Waals surface area contributed by atoms with E-state index in [9.17, 15) is 0 Å². The molecule has 0 unspecified atom stereocenters.